The normalized spacial score (nSPS) is 26.6. The maximum Gasteiger partial charge on any atom is 0.494 e. The van der Waals surface area contributed by atoms with Crippen LogP contribution >= 0.6 is 0 Å². The van der Waals surface area contributed by atoms with Crippen molar-refractivity contribution in [2.24, 2.45) is 10.4 Å². The highest BCUT2D eigenvalue weighted by atomic mass is 16.7. The highest BCUT2D eigenvalue weighted by Crippen LogP contribution is 2.55. The summed E-state index contributed by atoms with van der Waals surface area (Å²) in [7, 11) is -0.362. The third-order valence-corrected chi connectivity index (χ3v) is 8.04. The Hall–Kier alpha value is -2.12. The molecule has 1 aromatic carbocycles. The molecule has 1 saturated carbocycles. The molecule has 0 aromatic heterocycles. The molecule has 1 aliphatic carbocycles. The minimum absolute atomic E-state index is 0.0233. The van der Waals surface area contributed by atoms with Gasteiger partial charge in [0.15, 0.2) is 0 Å². The van der Waals surface area contributed by atoms with Crippen LogP contribution in [0.15, 0.2) is 35.5 Å². The second-order valence-electron chi connectivity index (χ2n) is 12.5. The third kappa shape index (κ3) is 4.33. The van der Waals surface area contributed by atoms with Gasteiger partial charge in [0.1, 0.15) is 5.60 Å². The lowest BCUT2D eigenvalue weighted by Crippen LogP contribution is -2.43. The first-order valence-electron chi connectivity index (χ1n) is 12.5. The molecule has 0 unspecified atom stereocenters. The van der Waals surface area contributed by atoms with Gasteiger partial charge in [-0.2, -0.15) is 0 Å². The van der Waals surface area contributed by atoms with Gasteiger partial charge in [0.2, 0.25) is 0 Å². The molecule has 1 amide bonds. The number of benzene rings is 1. The van der Waals surface area contributed by atoms with E-state index in [1.54, 1.807) is 0 Å². The van der Waals surface area contributed by atoms with Gasteiger partial charge in [-0.1, -0.05) is 24.3 Å². The van der Waals surface area contributed by atoms with E-state index in [0.717, 1.165) is 36.1 Å². The fraction of sp³-hybridized carbons (Fsp3) is 0.630. The van der Waals surface area contributed by atoms with Crippen molar-refractivity contribution >= 4 is 30.0 Å². The summed E-state index contributed by atoms with van der Waals surface area (Å²) in [6, 6.07) is 8.42. The van der Waals surface area contributed by atoms with Crippen LogP contribution in [-0.4, -0.2) is 53.2 Å². The quantitative estimate of drug-likeness (QED) is 0.594. The molecule has 3 aliphatic heterocycles. The lowest BCUT2D eigenvalue weighted by molar-refractivity contribution is 0.00578. The van der Waals surface area contributed by atoms with Crippen molar-refractivity contribution in [3.8, 4) is 0 Å². The standard InChI is InChI=1S/C27H37BN2O4/c1-24(2,3)32-23(31)30-17-27(12-13-27)15-22(30)21-14-19(16-29-21)18-8-10-20(11-9-18)28-33-25(4,5)26(6,7)34-28/h8-11,16,22H,12-15,17H2,1-7H3/t22-/m0/s1. The number of carbonyl (C=O) groups is 1. The molecule has 1 spiro atoms. The second-order valence-corrected chi connectivity index (χ2v) is 12.5. The minimum atomic E-state index is -0.499. The molecule has 5 rings (SSSR count). The molecule has 2 saturated heterocycles. The predicted octanol–water partition coefficient (Wildman–Crippen LogP) is 4.96. The summed E-state index contributed by atoms with van der Waals surface area (Å²) >= 11 is 0. The topological polar surface area (TPSA) is 60.4 Å². The van der Waals surface area contributed by atoms with Crippen molar-refractivity contribution in [1.82, 2.24) is 4.90 Å². The second kappa shape index (κ2) is 7.69. The summed E-state index contributed by atoms with van der Waals surface area (Å²) in [5, 5.41) is 0. The molecule has 3 heterocycles. The molecule has 1 aromatic rings. The number of likely N-dealkylation sites (tertiary alicyclic amines) is 1. The first kappa shape index (κ1) is 23.6. The number of rotatable bonds is 3. The maximum atomic E-state index is 13.0. The van der Waals surface area contributed by atoms with Crippen LogP contribution in [0.4, 0.5) is 4.79 Å². The van der Waals surface area contributed by atoms with Crippen molar-refractivity contribution in [1.29, 1.82) is 0 Å². The number of hydrogen-bond acceptors (Lipinski definition) is 5. The van der Waals surface area contributed by atoms with E-state index in [9.17, 15) is 4.79 Å². The summed E-state index contributed by atoms with van der Waals surface area (Å²) in [5.41, 5.74) is 3.47. The minimum Gasteiger partial charge on any atom is -0.444 e. The van der Waals surface area contributed by atoms with Crippen molar-refractivity contribution in [2.45, 2.75) is 97.0 Å². The predicted molar refractivity (Wildman–Crippen MR) is 135 cm³/mol. The highest BCUT2D eigenvalue weighted by Gasteiger charge is 2.55. The smallest absolute Gasteiger partial charge is 0.444 e. The van der Waals surface area contributed by atoms with Crippen LogP contribution in [0.1, 0.15) is 79.7 Å². The van der Waals surface area contributed by atoms with Crippen LogP contribution in [0.2, 0.25) is 0 Å². The Kier molecular flexibility index (Phi) is 5.34. The Morgan fingerprint density at radius 2 is 1.71 bits per heavy atom. The van der Waals surface area contributed by atoms with Gasteiger partial charge >= 0.3 is 13.2 Å². The Bertz CT molecular complexity index is 1030. The van der Waals surface area contributed by atoms with Gasteiger partial charge in [-0.15, -0.1) is 0 Å². The molecule has 4 aliphatic rings. The summed E-state index contributed by atoms with van der Waals surface area (Å²) in [6.45, 7) is 14.8. The zero-order chi connectivity index (χ0) is 24.5. The van der Waals surface area contributed by atoms with Gasteiger partial charge < -0.3 is 14.0 Å². The van der Waals surface area contributed by atoms with Crippen LogP contribution in [0.25, 0.3) is 5.57 Å². The Balaban J connectivity index is 1.26. The Labute approximate surface area is 203 Å². The Morgan fingerprint density at radius 1 is 1.09 bits per heavy atom. The highest BCUT2D eigenvalue weighted by molar-refractivity contribution is 6.62. The zero-order valence-corrected chi connectivity index (χ0v) is 21.6. The lowest BCUT2D eigenvalue weighted by Gasteiger charge is -2.32. The number of hydrogen-bond donors (Lipinski definition) is 0. The number of nitrogens with zero attached hydrogens (tertiary/aromatic N) is 2. The molecule has 6 nitrogen and oxygen atoms in total. The molecule has 182 valence electrons. The number of aliphatic imine (C=N–C) groups is 1. The van der Waals surface area contributed by atoms with Crippen molar-refractivity contribution in [3.05, 3.63) is 36.0 Å². The maximum absolute atomic E-state index is 13.0. The van der Waals surface area contributed by atoms with Crippen molar-refractivity contribution in [2.75, 3.05) is 6.54 Å². The largest absolute Gasteiger partial charge is 0.494 e. The molecule has 0 radical (unpaired) electrons. The monoisotopic (exact) mass is 464 g/mol. The molecule has 0 N–H and O–H groups in total. The summed E-state index contributed by atoms with van der Waals surface area (Å²) < 4.78 is 18.1. The van der Waals surface area contributed by atoms with E-state index in [2.05, 4.69) is 52.0 Å². The van der Waals surface area contributed by atoms with Gasteiger partial charge in [0.05, 0.1) is 17.2 Å². The summed E-state index contributed by atoms with van der Waals surface area (Å²) in [6.07, 6.45) is 5.88. The van der Waals surface area contributed by atoms with Gasteiger partial charge in [-0.05, 0) is 89.7 Å². The zero-order valence-electron chi connectivity index (χ0n) is 21.6. The van der Waals surface area contributed by atoms with E-state index < -0.39 is 5.60 Å². The average molecular weight is 464 g/mol. The van der Waals surface area contributed by atoms with Crippen LogP contribution in [-0.2, 0) is 14.0 Å². The molecule has 3 fully saturated rings. The van der Waals surface area contributed by atoms with Crippen molar-refractivity contribution < 1.29 is 18.8 Å². The lowest BCUT2D eigenvalue weighted by atomic mass is 9.78. The molecule has 0 bridgehead atoms. The summed E-state index contributed by atoms with van der Waals surface area (Å²) in [5.74, 6) is 0. The van der Waals surface area contributed by atoms with E-state index in [1.165, 1.54) is 18.4 Å². The SMILES string of the molecule is CC(C)(C)OC(=O)N1CC2(CC2)C[C@H]1C1=NC=C(c2ccc(B3OC(C)(C)C(C)(C)O3)cc2)C1. The van der Waals surface area contributed by atoms with Crippen LogP contribution in [0, 0.1) is 5.41 Å². The first-order chi connectivity index (χ1) is 15.8. The molecule has 34 heavy (non-hydrogen) atoms. The third-order valence-electron chi connectivity index (χ3n) is 8.04. The average Bonchev–Trinajstić information content (AvgIpc) is 3.06. The fourth-order valence-electron chi connectivity index (χ4n) is 5.07. The van der Waals surface area contributed by atoms with Gasteiger partial charge in [-0.25, -0.2) is 4.79 Å². The van der Waals surface area contributed by atoms with Crippen LogP contribution in [0.5, 0.6) is 0 Å². The van der Waals surface area contributed by atoms with E-state index in [-0.39, 0.29) is 35.9 Å². The Morgan fingerprint density at radius 3 is 2.26 bits per heavy atom. The van der Waals surface area contributed by atoms with Crippen molar-refractivity contribution in [3.63, 3.8) is 0 Å². The molecule has 7 heteroatoms. The van der Waals surface area contributed by atoms with Crippen LogP contribution < -0.4 is 5.46 Å². The number of amides is 1. The van der Waals surface area contributed by atoms with E-state index in [1.807, 2.05) is 31.9 Å². The molecular formula is C27H37BN2O4. The fourth-order valence-corrected chi connectivity index (χ4v) is 5.07. The van der Waals surface area contributed by atoms with Gasteiger partial charge in [0, 0.05) is 24.9 Å². The van der Waals surface area contributed by atoms with Gasteiger partial charge in [-0.3, -0.25) is 9.89 Å². The number of allylic oxidation sites excluding steroid dienone is 1. The number of carbonyl (C=O) groups excluding carboxylic acids is 1. The van der Waals surface area contributed by atoms with Crippen LogP contribution in [0.3, 0.4) is 0 Å². The van der Waals surface area contributed by atoms with E-state index >= 15 is 0 Å². The molecule has 1 atom stereocenters. The van der Waals surface area contributed by atoms with E-state index in [4.69, 9.17) is 19.0 Å². The van der Waals surface area contributed by atoms with Gasteiger partial charge in [0.25, 0.3) is 0 Å². The molecular weight excluding hydrogens is 427 g/mol. The first-order valence-corrected chi connectivity index (χ1v) is 12.5. The summed E-state index contributed by atoms with van der Waals surface area (Å²) in [4.78, 5) is 19.7. The van der Waals surface area contributed by atoms with E-state index in [0.29, 0.717) is 0 Å². The number of ether oxygens (including phenoxy) is 1.